The average Bonchev–Trinajstić information content (AvgIpc) is 2.94. The van der Waals surface area contributed by atoms with Gasteiger partial charge in [-0.15, -0.1) is 11.8 Å². The van der Waals surface area contributed by atoms with Gasteiger partial charge in [-0.25, -0.2) is 0 Å². The molecule has 1 unspecified atom stereocenters. The van der Waals surface area contributed by atoms with Gasteiger partial charge in [-0.2, -0.15) is 0 Å². The number of benzene rings is 2. The summed E-state index contributed by atoms with van der Waals surface area (Å²) in [7, 11) is 0. The lowest BCUT2D eigenvalue weighted by molar-refractivity contribution is 0.198. The highest BCUT2D eigenvalue weighted by Crippen LogP contribution is 2.35. The van der Waals surface area contributed by atoms with Crippen LogP contribution in [0, 0.1) is 0 Å². The van der Waals surface area contributed by atoms with Gasteiger partial charge in [0, 0.05) is 27.7 Å². The highest BCUT2D eigenvalue weighted by molar-refractivity contribution is 7.99. The maximum absolute atomic E-state index is 10.4. The first-order chi connectivity index (χ1) is 9.74. The van der Waals surface area contributed by atoms with Crippen LogP contribution in [0.4, 0.5) is 0 Å². The van der Waals surface area contributed by atoms with Crippen LogP contribution in [-0.2, 0) is 6.42 Å². The van der Waals surface area contributed by atoms with Gasteiger partial charge in [-0.05, 0) is 29.8 Å². The van der Waals surface area contributed by atoms with Gasteiger partial charge >= 0.3 is 0 Å². The molecule has 0 aromatic heterocycles. The Kier molecular flexibility index (Phi) is 4.20. The summed E-state index contributed by atoms with van der Waals surface area (Å²) in [6.45, 7) is 0.712. The number of rotatable bonds is 4. The number of thioether (sulfide) groups is 1. The Morgan fingerprint density at radius 1 is 1.20 bits per heavy atom. The zero-order valence-corrected chi connectivity index (χ0v) is 12.5. The Hall–Kier alpha value is -1.16. The lowest BCUT2D eigenvalue weighted by atomic mass is 10.0. The molecule has 2 aromatic rings. The number of aliphatic hydroxyl groups is 1. The first-order valence-electron chi connectivity index (χ1n) is 6.55. The SMILES string of the molecule is OC(CSc1ccc(Cl)cc1)c1cccc2c1OCC2. The monoisotopic (exact) mass is 306 g/mol. The number of ether oxygens (including phenoxy) is 1. The van der Waals surface area contributed by atoms with E-state index in [1.165, 1.54) is 5.56 Å². The maximum Gasteiger partial charge on any atom is 0.128 e. The quantitative estimate of drug-likeness (QED) is 0.862. The summed E-state index contributed by atoms with van der Waals surface area (Å²) in [5.74, 6) is 1.47. The van der Waals surface area contributed by atoms with Gasteiger partial charge in [-0.3, -0.25) is 0 Å². The van der Waals surface area contributed by atoms with Crippen molar-refractivity contribution in [3.63, 3.8) is 0 Å². The van der Waals surface area contributed by atoms with Gasteiger partial charge in [-0.1, -0.05) is 29.8 Å². The van der Waals surface area contributed by atoms with Crippen LogP contribution in [0.1, 0.15) is 17.2 Å². The summed E-state index contributed by atoms with van der Waals surface area (Å²) in [6, 6.07) is 13.6. The molecule has 104 valence electrons. The number of aliphatic hydroxyl groups excluding tert-OH is 1. The van der Waals surface area contributed by atoms with Crippen molar-refractivity contribution in [3.05, 3.63) is 58.6 Å². The molecule has 20 heavy (non-hydrogen) atoms. The first kappa shape index (κ1) is 13.8. The van der Waals surface area contributed by atoms with E-state index in [0.717, 1.165) is 27.7 Å². The Morgan fingerprint density at radius 2 is 2.00 bits per heavy atom. The van der Waals surface area contributed by atoms with Gasteiger partial charge in [0.1, 0.15) is 5.75 Å². The minimum atomic E-state index is -0.524. The fraction of sp³-hybridized carbons (Fsp3) is 0.250. The normalized spacial score (nSPS) is 14.7. The molecule has 1 heterocycles. The van der Waals surface area contributed by atoms with Gasteiger partial charge in [0.15, 0.2) is 0 Å². The predicted octanol–water partition coefficient (Wildman–Crippen LogP) is 4.10. The maximum atomic E-state index is 10.4. The molecule has 0 bridgehead atoms. The van der Waals surface area contributed by atoms with E-state index >= 15 is 0 Å². The van der Waals surface area contributed by atoms with E-state index in [1.807, 2.05) is 36.4 Å². The Labute approximate surface area is 127 Å². The van der Waals surface area contributed by atoms with Crippen molar-refractivity contribution in [2.45, 2.75) is 17.4 Å². The van der Waals surface area contributed by atoms with Crippen molar-refractivity contribution in [2.75, 3.05) is 12.4 Å². The second kappa shape index (κ2) is 6.08. The fourth-order valence-electron chi connectivity index (χ4n) is 2.30. The molecule has 0 fully saturated rings. The molecule has 2 aromatic carbocycles. The number of hydrogen-bond acceptors (Lipinski definition) is 3. The summed E-state index contributed by atoms with van der Waals surface area (Å²) in [4.78, 5) is 1.10. The highest BCUT2D eigenvalue weighted by Gasteiger charge is 2.20. The molecule has 1 aliphatic heterocycles. The molecule has 1 N–H and O–H groups in total. The average molecular weight is 307 g/mol. The molecule has 0 spiro atoms. The van der Waals surface area contributed by atoms with Gasteiger partial charge in [0.25, 0.3) is 0 Å². The van der Waals surface area contributed by atoms with Gasteiger partial charge < -0.3 is 9.84 Å². The molecular weight excluding hydrogens is 292 g/mol. The van der Waals surface area contributed by atoms with Crippen molar-refractivity contribution in [1.82, 2.24) is 0 Å². The van der Waals surface area contributed by atoms with Gasteiger partial charge in [0.05, 0.1) is 12.7 Å². The van der Waals surface area contributed by atoms with Crippen LogP contribution >= 0.6 is 23.4 Å². The summed E-state index contributed by atoms with van der Waals surface area (Å²) in [5.41, 5.74) is 2.08. The van der Waals surface area contributed by atoms with E-state index in [4.69, 9.17) is 16.3 Å². The summed E-state index contributed by atoms with van der Waals surface area (Å²) >= 11 is 7.47. The van der Waals surface area contributed by atoms with E-state index in [2.05, 4.69) is 6.07 Å². The van der Waals surface area contributed by atoms with Crippen LogP contribution in [0.5, 0.6) is 5.75 Å². The third kappa shape index (κ3) is 2.95. The lowest BCUT2D eigenvalue weighted by Crippen LogP contribution is -2.03. The van der Waals surface area contributed by atoms with Crippen molar-refractivity contribution >= 4 is 23.4 Å². The lowest BCUT2D eigenvalue weighted by Gasteiger charge is -2.14. The Balaban J connectivity index is 1.69. The van der Waals surface area contributed by atoms with Crippen LogP contribution in [-0.4, -0.2) is 17.5 Å². The molecule has 0 aliphatic carbocycles. The van der Waals surface area contributed by atoms with E-state index in [9.17, 15) is 5.11 Å². The molecule has 0 saturated carbocycles. The van der Waals surface area contributed by atoms with Crippen LogP contribution in [0.3, 0.4) is 0 Å². The first-order valence-corrected chi connectivity index (χ1v) is 7.91. The van der Waals surface area contributed by atoms with Crippen molar-refractivity contribution in [1.29, 1.82) is 0 Å². The molecule has 0 amide bonds. The minimum Gasteiger partial charge on any atom is -0.493 e. The minimum absolute atomic E-state index is 0.524. The van der Waals surface area contributed by atoms with E-state index in [0.29, 0.717) is 12.4 Å². The number of hydrogen-bond donors (Lipinski definition) is 1. The molecule has 1 atom stereocenters. The molecule has 0 saturated heterocycles. The molecule has 1 aliphatic rings. The second-order valence-electron chi connectivity index (χ2n) is 4.71. The standard InChI is InChI=1S/C16H15ClO2S/c17-12-4-6-13(7-5-12)20-10-15(18)14-3-1-2-11-8-9-19-16(11)14/h1-7,15,18H,8-10H2. The van der Waals surface area contributed by atoms with Crippen molar-refractivity contribution in [3.8, 4) is 5.75 Å². The number of halogens is 1. The van der Waals surface area contributed by atoms with E-state index in [1.54, 1.807) is 11.8 Å². The van der Waals surface area contributed by atoms with E-state index in [-0.39, 0.29) is 0 Å². The van der Waals surface area contributed by atoms with E-state index < -0.39 is 6.10 Å². The van der Waals surface area contributed by atoms with Crippen LogP contribution in [0.15, 0.2) is 47.4 Å². The summed E-state index contributed by atoms with van der Waals surface area (Å²) in [6.07, 6.45) is 0.406. The second-order valence-corrected chi connectivity index (χ2v) is 6.24. The topological polar surface area (TPSA) is 29.5 Å². The third-order valence-electron chi connectivity index (χ3n) is 3.33. The largest absolute Gasteiger partial charge is 0.493 e. The zero-order chi connectivity index (χ0) is 13.9. The number of para-hydroxylation sites is 1. The predicted molar refractivity (Wildman–Crippen MR) is 82.8 cm³/mol. The smallest absolute Gasteiger partial charge is 0.128 e. The third-order valence-corrected chi connectivity index (χ3v) is 4.67. The van der Waals surface area contributed by atoms with Crippen LogP contribution in [0.25, 0.3) is 0 Å². The Bertz CT molecular complexity index is 598. The van der Waals surface area contributed by atoms with Crippen LogP contribution < -0.4 is 4.74 Å². The molecular formula is C16H15ClO2S. The summed E-state index contributed by atoms with van der Waals surface area (Å²) in [5, 5.41) is 11.1. The summed E-state index contributed by atoms with van der Waals surface area (Å²) < 4.78 is 5.63. The fourth-order valence-corrected chi connectivity index (χ4v) is 3.28. The Morgan fingerprint density at radius 3 is 2.80 bits per heavy atom. The van der Waals surface area contributed by atoms with Crippen molar-refractivity contribution in [2.24, 2.45) is 0 Å². The molecule has 0 radical (unpaired) electrons. The van der Waals surface area contributed by atoms with Gasteiger partial charge in [0.2, 0.25) is 0 Å². The number of fused-ring (bicyclic) bond motifs is 1. The van der Waals surface area contributed by atoms with Crippen molar-refractivity contribution < 1.29 is 9.84 Å². The highest BCUT2D eigenvalue weighted by atomic mass is 35.5. The zero-order valence-electron chi connectivity index (χ0n) is 10.9. The molecule has 2 nitrogen and oxygen atoms in total. The molecule has 3 rings (SSSR count). The van der Waals surface area contributed by atoms with Crippen LogP contribution in [0.2, 0.25) is 5.02 Å². The molecule has 4 heteroatoms.